The molecular weight excluding hydrogens is 302 g/mol. The third-order valence-electron chi connectivity index (χ3n) is 3.67. The molecule has 0 aliphatic rings. The quantitative estimate of drug-likeness (QED) is 0.888. The van der Waals surface area contributed by atoms with E-state index in [1.165, 1.54) is 0 Å². The molecule has 0 atom stereocenters. The fourth-order valence-corrected chi connectivity index (χ4v) is 2.42. The van der Waals surface area contributed by atoms with E-state index in [1.54, 1.807) is 31.2 Å². The maximum absolute atomic E-state index is 12.3. The molecule has 2 aromatic rings. The summed E-state index contributed by atoms with van der Waals surface area (Å²) in [5.74, 6) is 0. The molecular formula is C19H21N3O2. The minimum atomic E-state index is -0.162. The van der Waals surface area contributed by atoms with E-state index in [-0.39, 0.29) is 6.03 Å². The third kappa shape index (κ3) is 4.83. The Morgan fingerprint density at radius 3 is 2.67 bits per heavy atom. The van der Waals surface area contributed by atoms with Crippen molar-refractivity contribution in [2.24, 2.45) is 0 Å². The molecule has 0 aliphatic heterocycles. The van der Waals surface area contributed by atoms with Crippen LogP contribution in [0.2, 0.25) is 0 Å². The average molecular weight is 323 g/mol. The molecule has 0 bridgehead atoms. The lowest BCUT2D eigenvalue weighted by Gasteiger charge is -2.19. The minimum absolute atomic E-state index is 0.162. The molecule has 2 amide bonds. The second-order valence-corrected chi connectivity index (χ2v) is 5.53. The summed E-state index contributed by atoms with van der Waals surface area (Å²) in [6, 6.07) is 17.1. The SMILES string of the molecule is COCc1ccccc1CNC(=O)N(C)Cc1cccc(C#N)c1. The standard InChI is InChI=1S/C19H21N3O2/c1-22(13-16-7-5-6-15(10-16)11-20)19(23)21-12-17-8-3-4-9-18(17)14-24-2/h3-10H,12-14H2,1-2H3,(H,21,23). The molecule has 0 aliphatic carbocycles. The van der Waals surface area contributed by atoms with E-state index < -0.39 is 0 Å². The van der Waals surface area contributed by atoms with Crippen LogP contribution in [-0.4, -0.2) is 25.1 Å². The van der Waals surface area contributed by atoms with E-state index in [2.05, 4.69) is 11.4 Å². The summed E-state index contributed by atoms with van der Waals surface area (Å²) in [7, 11) is 3.38. The van der Waals surface area contributed by atoms with E-state index in [1.807, 2.05) is 36.4 Å². The molecule has 24 heavy (non-hydrogen) atoms. The number of hydrogen-bond donors (Lipinski definition) is 1. The van der Waals surface area contributed by atoms with Crippen LogP contribution in [0.1, 0.15) is 22.3 Å². The molecule has 5 nitrogen and oxygen atoms in total. The van der Waals surface area contributed by atoms with Crippen LogP contribution in [0.5, 0.6) is 0 Å². The summed E-state index contributed by atoms with van der Waals surface area (Å²) in [4.78, 5) is 13.9. The zero-order chi connectivity index (χ0) is 17.4. The summed E-state index contributed by atoms with van der Waals surface area (Å²) in [6.07, 6.45) is 0. The van der Waals surface area contributed by atoms with Gasteiger partial charge in [-0.05, 0) is 28.8 Å². The molecule has 0 radical (unpaired) electrons. The highest BCUT2D eigenvalue weighted by Gasteiger charge is 2.10. The van der Waals surface area contributed by atoms with Gasteiger partial charge in [-0.2, -0.15) is 5.26 Å². The molecule has 5 heteroatoms. The Hall–Kier alpha value is -2.84. The molecule has 0 unspecified atom stereocenters. The fraction of sp³-hybridized carbons (Fsp3) is 0.263. The van der Waals surface area contributed by atoms with Gasteiger partial charge in [0.15, 0.2) is 0 Å². The number of methoxy groups -OCH3 is 1. The number of hydrogen-bond acceptors (Lipinski definition) is 3. The van der Waals surface area contributed by atoms with E-state index in [9.17, 15) is 4.79 Å². The van der Waals surface area contributed by atoms with Crippen LogP contribution in [0.4, 0.5) is 4.79 Å². The summed E-state index contributed by atoms with van der Waals surface area (Å²) >= 11 is 0. The van der Waals surface area contributed by atoms with Gasteiger partial charge in [-0.1, -0.05) is 36.4 Å². The van der Waals surface area contributed by atoms with E-state index in [4.69, 9.17) is 10.00 Å². The Kier molecular flexibility index (Phi) is 6.35. The fourth-order valence-electron chi connectivity index (χ4n) is 2.42. The summed E-state index contributed by atoms with van der Waals surface area (Å²) in [5.41, 5.74) is 3.61. The predicted octanol–water partition coefficient (Wildman–Crippen LogP) is 3.05. The lowest BCUT2D eigenvalue weighted by atomic mass is 10.1. The Morgan fingerprint density at radius 2 is 1.96 bits per heavy atom. The first kappa shape index (κ1) is 17.5. The van der Waals surface area contributed by atoms with Crippen molar-refractivity contribution in [2.45, 2.75) is 19.7 Å². The summed E-state index contributed by atoms with van der Waals surface area (Å²) < 4.78 is 5.17. The maximum atomic E-state index is 12.3. The lowest BCUT2D eigenvalue weighted by Crippen LogP contribution is -2.36. The van der Waals surface area contributed by atoms with E-state index in [0.717, 1.165) is 16.7 Å². The third-order valence-corrected chi connectivity index (χ3v) is 3.67. The number of rotatable bonds is 6. The number of carbonyl (C=O) groups excluding carboxylic acids is 1. The number of ether oxygens (including phenoxy) is 1. The first-order valence-corrected chi connectivity index (χ1v) is 7.67. The van der Waals surface area contributed by atoms with E-state index >= 15 is 0 Å². The molecule has 124 valence electrons. The number of nitrogens with one attached hydrogen (secondary N) is 1. The van der Waals surface area contributed by atoms with Gasteiger partial charge in [0.2, 0.25) is 0 Å². The van der Waals surface area contributed by atoms with Crippen LogP contribution in [0.15, 0.2) is 48.5 Å². The number of carbonyl (C=O) groups is 1. The Balaban J connectivity index is 1.93. The molecule has 0 saturated heterocycles. The number of urea groups is 1. The highest BCUT2D eigenvalue weighted by Crippen LogP contribution is 2.10. The number of nitriles is 1. The highest BCUT2D eigenvalue weighted by atomic mass is 16.5. The first-order chi connectivity index (χ1) is 11.6. The molecule has 0 fully saturated rings. The number of amides is 2. The van der Waals surface area contributed by atoms with Crippen molar-refractivity contribution >= 4 is 6.03 Å². The van der Waals surface area contributed by atoms with Crippen LogP contribution >= 0.6 is 0 Å². The van der Waals surface area contributed by atoms with Crippen molar-refractivity contribution in [3.05, 3.63) is 70.8 Å². The zero-order valence-corrected chi connectivity index (χ0v) is 14.0. The molecule has 0 saturated carbocycles. The molecule has 0 spiro atoms. The normalized spacial score (nSPS) is 10.0. The van der Waals surface area contributed by atoms with Crippen LogP contribution < -0.4 is 5.32 Å². The van der Waals surface area contributed by atoms with Crippen molar-refractivity contribution in [1.82, 2.24) is 10.2 Å². The maximum Gasteiger partial charge on any atom is 0.317 e. The smallest absolute Gasteiger partial charge is 0.317 e. The van der Waals surface area contributed by atoms with Gasteiger partial charge in [0, 0.05) is 27.2 Å². The lowest BCUT2D eigenvalue weighted by molar-refractivity contribution is 0.183. The summed E-state index contributed by atoms with van der Waals surface area (Å²) in [6.45, 7) is 1.41. The number of nitrogens with zero attached hydrogens (tertiary/aromatic N) is 2. The minimum Gasteiger partial charge on any atom is -0.380 e. The van der Waals surface area contributed by atoms with Crippen molar-refractivity contribution in [3.63, 3.8) is 0 Å². The highest BCUT2D eigenvalue weighted by molar-refractivity contribution is 5.73. The van der Waals surface area contributed by atoms with Gasteiger partial charge >= 0.3 is 6.03 Å². The van der Waals surface area contributed by atoms with E-state index in [0.29, 0.717) is 25.3 Å². The Morgan fingerprint density at radius 1 is 1.21 bits per heavy atom. The van der Waals surface area contributed by atoms with Gasteiger partial charge in [0.05, 0.1) is 18.2 Å². The molecule has 2 rings (SSSR count). The van der Waals surface area contributed by atoms with Crippen molar-refractivity contribution < 1.29 is 9.53 Å². The van der Waals surface area contributed by atoms with Gasteiger partial charge in [-0.25, -0.2) is 4.79 Å². The second-order valence-electron chi connectivity index (χ2n) is 5.53. The van der Waals surface area contributed by atoms with Gasteiger partial charge in [-0.15, -0.1) is 0 Å². The Labute approximate surface area is 142 Å². The van der Waals surface area contributed by atoms with Crippen molar-refractivity contribution in [1.29, 1.82) is 5.26 Å². The molecule has 2 aromatic carbocycles. The van der Waals surface area contributed by atoms with Crippen LogP contribution in [0.3, 0.4) is 0 Å². The molecule has 0 aromatic heterocycles. The van der Waals surface area contributed by atoms with Crippen LogP contribution in [-0.2, 0) is 24.4 Å². The second kappa shape index (κ2) is 8.70. The summed E-state index contributed by atoms with van der Waals surface area (Å²) in [5, 5.41) is 11.8. The van der Waals surface area contributed by atoms with Gasteiger partial charge in [-0.3, -0.25) is 0 Å². The van der Waals surface area contributed by atoms with Crippen LogP contribution in [0.25, 0.3) is 0 Å². The number of benzene rings is 2. The van der Waals surface area contributed by atoms with Crippen molar-refractivity contribution in [2.75, 3.05) is 14.2 Å². The molecule has 0 heterocycles. The first-order valence-electron chi connectivity index (χ1n) is 7.67. The van der Waals surface area contributed by atoms with Gasteiger partial charge in [0.25, 0.3) is 0 Å². The van der Waals surface area contributed by atoms with Crippen molar-refractivity contribution in [3.8, 4) is 6.07 Å². The molecule has 1 N–H and O–H groups in total. The van der Waals surface area contributed by atoms with Gasteiger partial charge in [0.1, 0.15) is 0 Å². The average Bonchev–Trinajstić information content (AvgIpc) is 2.61. The predicted molar refractivity (Wildman–Crippen MR) is 92.0 cm³/mol. The van der Waals surface area contributed by atoms with Gasteiger partial charge < -0.3 is 15.0 Å². The Bertz CT molecular complexity index is 737. The topological polar surface area (TPSA) is 65.4 Å². The van der Waals surface area contributed by atoms with Crippen LogP contribution in [0, 0.1) is 11.3 Å². The largest absolute Gasteiger partial charge is 0.380 e. The monoisotopic (exact) mass is 323 g/mol. The zero-order valence-electron chi connectivity index (χ0n) is 14.0.